The fourth-order valence-electron chi connectivity index (χ4n) is 3.55. The van der Waals surface area contributed by atoms with E-state index in [0.717, 1.165) is 17.5 Å². The highest BCUT2D eigenvalue weighted by Gasteiger charge is 2.32. The highest BCUT2D eigenvalue weighted by atomic mass is 16.3. The van der Waals surface area contributed by atoms with Gasteiger partial charge in [-0.05, 0) is 36.6 Å². The van der Waals surface area contributed by atoms with Crippen LogP contribution in [0.1, 0.15) is 46.8 Å². The fourth-order valence-corrected chi connectivity index (χ4v) is 3.55. The van der Waals surface area contributed by atoms with Crippen molar-refractivity contribution in [1.29, 1.82) is 0 Å². The van der Waals surface area contributed by atoms with Gasteiger partial charge in [-0.1, -0.05) is 24.0 Å². The smallest absolute Gasteiger partial charge is 0.268 e. The van der Waals surface area contributed by atoms with Crippen molar-refractivity contribution in [2.75, 3.05) is 0 Å². The van der Waals surface area contributed by atoms with Crippen molar-refractivity contribution in [2.45, 2.75) is 25.0 Å². The zero-order valence-corrected chi connectivity index (χ0v) is 15.0. The lowest BCUT2D eigenvalue weighted by Gasteiger charge is -2.24. The van der Waals surface area contributed by atoms with E-state index in [1.54, 1.807) is 13.1 Å². The Kier molecular flexibility index (Phi) is 3.32. The Morgan fingerprint density at radius 3 is 2.96 bits per heavy atom. The molecule has 1 amide bonds. The second kappa shape index (κ2) is 5.65. The second-order valence-electron chi connectivity index (χ2n) is 7.10. The lowest BCUT2D eigenvalue weighted by molar-refractivity contribution is 0.0995. The minimum absolute atomic E-state index is 0.180. The molecule has 0 radical (unpaired) electrons. The Morgan fingerprint density at radius 2 is 2.25 bits per heavy atom. The van der Waals surface area contributed by atoms with Crippen molar-refractivity contribution in [3.05, 3.63) is 59.4 Å². The number of nitrogens with zero attached hydrogens (tertiary/aromatic N) is 4. The highest BCUT2D eigenvalue weighted by Crippen LogP contribution is 2.46. The van der Waals surface area contributed by atoms with Crippen LogP contribution in [0, 0.1) is 11.8 Å². The van der Waals surface area contributed by atoms with Crippen LogP contribution < -0.4 is 5.73 Å². The van der Waals surface area contributed by atoms with E-state index in [4.69, 9.17) is 5.73 Å². The summed E-state index contributed by atoms with van der Waals surface area (Å²) in [6.07, 6.45) is 6.09. The van der Waals surface area contributed by atoms with Gasteiger partial charge in [-0.2, -0.15) is 5.10 Å². The number of benzene rings is 1. The van der Waals surface area contributed by atoms with Crippen LogP contribution >= 0.6 is 0 Å². The van der Waals surface area contributed by atoms with Crippen molar-refractivity contribution in [1.82, 2.24) is 24.7 Å². The van der Waals surface area contributed by atoms with E-state index in [1.165, 1.54) is 11.9 Å². The van der Waals surface area contributed by atoms with Crippen molar-refractivity contribution in [2.24, 2.45) is 5.73 Å². The molecule has 8 heteroatoms. The fraction of sp³-hybridized carbons (Fsp3) is 0.200. The molecule has 6 rings (SSSR count). The van der Waals surface area contributed by atoms with Crippen LogP contribution in [0.2, 0.25) is 0 Å². The van der Waals surface area contributed by atoms with E-state index in [9.17, 15) is 9.90 Å². The molecule has 2 aromatic heterocycles. The van der Waals surface area contributed by atoms with Gasteiger partial charge < -0.3 is 15.4 Å². The van der Waals surface area contributed by atoms with E-state index >= 15 is 0 Å². The summed E-state index contributed by atoms with van der Waals surface area (Å²) < 4.78 is 1.98. The zero-order chi connectivity index (χ0) is 19.5. The van der Waals surface area contributed by atoms with Gasteiger partial charge in [0.05, 0.1) is 6.04 Å². The molecule has 0 spiro atoms. The number of amides is 1. The first-order valence-electron chi connectivity index (χ1n) is 8.78. The molecule has 0 fully saturated rings. The number of H-pyrrole nitrogens is 1. The van der Waals surface area contributed by atoms with Crippen LogP contribution in [-0.2, 0) is 5.60 Å². The number of aromatic amines is 1. The summed E-state index contributed by atoms with van der Waals surface area (Å²) in [5, 5.41) is 16.9. The third-order valence-electron chi connectivity index (χ3n) is 5.10. The number of carbonyl (C=O) groups excluding carboxylic acids is 1. The molecule has 28 heavy (non-hydrogen) atoms. The normalized spacial score (nSPS) is 18.4. The van der Waals surface area contributed by atoms with E-state index in [1.807, 2.05) is 22.8 Å². The predicted molar refractivity (Wildman–Crippen MR) is 101 cm³/mol. The molecule has 4 N–H and O–H groups in total. The number of rotatable bonds is 2. The molecule has 1 aliphatic carbocycles. The van der Waals surface area contributed by atoms with Gasteiger partial charge in [0.25, 0.3) is 5.91 Å². The number of allylic oxidation sites excluding steroid dienone is 2. The molecule has 2 bridgehead atoms. The van der Waals surface area contributed by atoms with Crippen molar-refractivity contribution < 1.29 is 9.90 Å². The maximum Gasteiger partial charge on any atom is 0.268 e. The first-order valence-corrected chi connectivity index (χ1v) is 8.78. The molecule has 3 aliphatic rings. The average Bonchev–Trinajstić information content (AvgIpc) is 3.27. The Bertz CT molecular complexity index is 1210. The third kappa shape index (κ3) is 2.45. The summed E-state index contributed by atoms with van der Waals surface area (Å²) in [6, 6.07) is 6.01. The molecular weight excluding hydrogens is 356 g/mol. The summed E-state index contributed by atoms with van der Waals surface area (Å²) in [5.41, 5.74) is 8.14. The number of imidazole rings is 1. The van der Waals surface area contributed by atoms with E-state index < -0.39 is 11.5 Å². The van der Waals surface area contributed by atoms with Crippen LogP contribution in [0.5, 0.6) is 0 Å². The molecule has 138 valence electrons. The van der Waals surface area contributed by atoms with Crippen LogP contribution in [-0.4, -0.2) is 35.7 Å². The van der Waals surface area contributed by atoms with Crippen LogP contribution in [0.25, 0.3) is 17.0 Å². The van der Waals surface area contributed by atoms with Gasteiger partial charge in [0.1, 0.15) is 17.8 Å². The van der Waals surface area contributed by atoms with Gasteiger partial charge in [0.15, 0.2) is 11.4 Å². The molecule has 4 heterocycles. The molecular formula is C20H16N6O2. The molecule has 8 nitrogen and oxygen atoms in total. The summed E-state index contributed by atoms with van der Waals surface area (Å²) in [4.78, 5) is 20.0. The Hall–Kier alpha value is -3.70. The van der Waals surface area contributed by atoms with Gasteiger partial charge in [-0.15, -0.1) is 0 Å². The molecule has 3 aromatic rings. The summed E-state index contributed by atoms with van der Waals surface area (Å²) in [6.45, 7) is 1.55. The van der Waals surface area contributed by atoms with Gasteiger partial charge in [-0.3, -0.25) is 9.89 Å². The molecule has 1 aromatic carbocycles. The summed E-state index contributed by atoms with van der Waals surface area (Å²) in [7, 11) is 0. The number of hydrogen-bond donors (Lipinski definition) is 3. The number of aliphatic hydroxyl groups is 1. The minimum Gasteiger partial charge on any atom is -0.371 e. The van der Waals surface area contributed by atoms with Gasteiger partial charge in [-0.25, -0.2) is 9.97 Å². The highest BCUT2D eigenvalue weighted by molar-refractivity contribution is 5.92. The number of primary amides is 1. The summed E-state index contributed by atoms with van der Waals surface area (Å²) in [5.74, 6) is 6.25. The average molecular weight is 372 g/mol. The second-order valence-corrected chi connectivity index (χ2v) is 7.10. The number of nitrogens with one attached hydrogen (secondary N) is 1. The largest absolute Gasteiger partial charge is 0.371 e. The van der Waals surface area contributed by atoms with E-state index in [0.29, 0.717) is 11.4 Å². The van der Waals surface area contributed by atoms with Crippen molar-refractivity contribution in [3.63, 3.8) is 0 Å². The quantitative estimate of drug-likeness (QED) is 0.586. The number of aromatic nitrogens is 5. The van der Waals surface area contributed by atoms with Crippen LogP contribution in [0.4, 0.5) is 0 Å². The van der Waals surface area contributed by atoms with E-state index in [2.05, 4.69) is 38.1 Å². The lowest BCUT2D eigenvalue weighted by Crippen LogP contribution is -2.20. The van der Waals surface area contributed by atoms with Gasteiger partial charge in [0, 0.05) is 17.3 Å². The third-order valence-corrected chi connectivity index (χ3v) is 5.10. The molecule has 0 saturated carbocycles. The topological polar surface area (TPSA) is 123 Å². The molecule has 2 atom stereocenters. The number of nitrogens with two attached hydrogens (primary N) is 1. The standard InChI is InChI=1S/C20H16N6O2/c1-20(28,19-22-10-23-25-19)5-4-11-2-3-14-12-7-13(8-12)26-9-16(17(21)27)24-18(26)15(14)6-11/h2-3,6-7,9-10,13,28H,8H2,1H3,(H2,21,27)(H,22,23,25). The predicted octanol–water partition coefficient (Wildman–Crippen LogP) is 1.37. The van der Waals surface area contributed by atoms with Crippen molar-refractivity contribution in [3.8, 4) is 23.2 Å². The SMILES string of the molecule is CC(O)(C#Cc1ccc2c(c1)-c1nc(C(N)=O)cn1C1C=C2C1)c1ncn[nH]1. The molecule has 0 saturated heterocycles. The lowest BCUT2D eigenvalue weighted by atomic mass is 9.86. The van der Waals surface area contributed by atoms with E-state index in [-0.39, 0.29) is 17.6 Å². The maximum absolute atomic E-state index is 11.6. The first kappa shape index (κ1) is 16.5. The molecule has 2 aliphatic heterocycles. The minimum atomic E-state index is -1.45. The van der Waals surface area contributed by atoms with Gasteiger partial charge >= 0.3 is 0 Å². The summed E-state index contributed by atoms with van der Waals surface area (Å²) >= 11 is 0. The zero-order valence-electron chi connectivity index (χ0n) is 15.0. The maximum atomic E-state index is 11.6. The Labute approximate surface area is 160 Å². The number of carbonyl (C=O) groups is 1. The number of hydrogen-bond acceptors (Lipinski definition) is 5. The Morgan fingerprint density at radius 1 is 1.43 bits per heavy atom. The van der Waals surface area contributed by atoms with Crippen molar-refractivity contribution >= 4 is 11.5 Å². The monoisotopic (exact) mass is 372 g/mol. The van der Waals surface area contributed by atoms with Gasteiger partial charge in [0.2, 0.25) is 0 Å². The Balaban J connectivity index is 1.60. The van der Waals surface area contributed by atoms with Crippen LogP contribution in [0.3, 0.4) is 0 Å². The molecule has 2 unspecified atom stereocenters. The van der Waals surface area contributed by atoms with Crippen LogP contribution in [0.15, 0.2) is 36.8 Å². The first-order chi connectivity index (χ1) is 13.4.